The van der Waals surface area contributed by atoms with Crippen LogP contribution in [-0.4, -0.2) is 23.6 Å². The van der Waals surface area contributed by atoms with Crippen LogP contribution in [0, 0.1) is 0 Å². The highest BCUT2D eigenvalue weighted by Crippen LogP contribution is 2.38. The summed E-state index contributed by atoms with van der Waals surface area (Å²) in [4.78, 5) is 8.42. The molecule has 0 radical (unpaired) electrons. The van der Waals surface area contributed by atoms with E-state index < -0.39 is 0 Å². The zero-order valence-electron chi connectivity index (χ0n) is 15.6. The van der Waals surface area contributed by atoms with Crippen LogP contribution in [0.25, 0.3) is 33.2 Å². The quantitative estimate of drug-likeness (QED) is 0.344. The molecule has 4 rings (SSSR count). The molecular formula is C22H21BrClN3O. The van der Waals surface area contributed by atoms with E-state index in [-0.39, 0.29) is 0 Å². The molecule has 0 unspecified atom stereocenters. The fourth-order valence-electron chi connectivity index (χ4n) is 3.64. The van der Waals surface area contributed by atoms with Gasteiger partial charge in [0, 0.05) is 21.3 Å². The number of hydrogen-bond acceptors (Lipinski definition) is 3. The first-order valence-corrected chi connectivity index (χ1v) is 10.4. The minimum Gasteiger partial charge on any atom is -0.496 e. The van der Waals surface area contributed by atoms with Gasteiger partial charge in [-0.1, -0.05) is 39.7 Å². The number of para-hydroxylation sites is 1. The number of nitrogens with one attached hydrogen (secondary N) is 1. The molecule has 2 aromatic carbocycles. The lowest BCUT2D eigenvalue weighted by Gasteiger charge is -2.10. The molecule has 4 nitrogen and oxygen atoms in total. The third-order valence-corrected chi connectivity index (χ3v) is 5.72. The standard InChI is InChI=1S/C22H21BrClN3O/c1-28-20-12-19(26-18-8-3-2-7-15(18)20)22-14(6-4-5-9-25)16-10-13(23)11-17(24)21(16)27-22/h2-3,7-8,10-12,27H,4-6,9,25H2,1H3. The average Bonchev–Trinajstić information content (AvgIpc) is 3.06. The Labute approximate surface area is 177 Å². The summed E-state index contributed by atoms with van der Waals surface area (Å²) >= 11 is 10.1. The van der Waals surface area contributed by atoms with Crippen LogP contribution in [0.4, 0.5) is 0 Å². The summed E-state index contributed by atoms with van der Waals surface area (Å²) < 4.78 is 6.60. The fourth-order valence-corrected chi connectivity index (χ4v) is 4.49. The first-order chi connectivity index (χ1) is 13.6. The van der Waals surface area contributed by atoms with E-state index in [4.69, 9.17) is 27.1 Å². The highest BCUT2D eigenvalue weighted by molar-refractivity contribution is 9.10. The summed E-state index contributed by atoms with van der Waals surface area (Å²) in [5.41, 5.74) is 10.6. The number of aromatic amines is 1. The number of rotatable bonds is 6. The molecule has 4 aromatic rings. The second kappa shape index (κ2) is 8.11. The number of benzene rings is 2. The van der Waals surface area contributed by atoms with Gasteiger partial charge in [0.2, 0.25) is 0 Å². The summed E-state index contributed by atoms with van der Waals surface area (Å²) in [6.07, 6.45) is 2.88. The molecule has 0 saturated carbocycles. The largest absolute Gasteiger partial charge is 0.496 e. The van der Waals surface area contributed by atoms with E-state index in [1.54, 1.807) is 7.11 Å². The van der Waals surface area contributed by atoms with Crippen LogP contribution >= 0.6 is 27.5 Å². The summed E-state index contributed by atoms with van der Waals surface area (Å²) in [6.45, 7) is 0.685. The number of aromatic nitrogens is 2. The van der Waals surface area contributed by atoms with Crippen molar-refractivity contribution in [3.05, 3.63) is 57.5 Å². The number of pyridine rings is 1. The maximum absolute atomic E-state index is 6.52. The lowest BCUT2D eigenvalue weighted by Crippen LogP contribution is -1.99. The van der Waals surface area contributed by atoms with E-state index >= 15 is 0 Å². The molecule has 6 heteroatoms. The monoisotopic (exact) mass is 457 g/mol. The summed E-state index contributed by atoms with van der Waals surface area (Å²) in [6, 6.07) is 14.0. The van der Waals surface area contributed by atoms with Crippen LogP contribution in [0.15, 0.2) is 46.9 Å². The first-order valence-electron chi connectivity index (χ1n) is 9.26. The minimum atomic E-state index is 0.684. The van der Waals surface area contributed by atoms with Crippen LogP contribution < -0.4 is 10.5 Å². The SMILES string of the molecule is COc1cc(-c2[nH]c3c(Cl)cc(Br)cc3c2CCCCN)nc2ccccc12. The zero-order chi connectivity index (χ0) is 19.7. The molecule has 0 aliphatic rings. The number of nitrogens with zero attached hydrogens (tertiary/aromatic N) is 1. The molecule has 0 bridgehead atoms. The van der Waals surface area contributed by atoms with Crippen molar-refractivity contribution in [2.75, 3.05) is 13.7 Å². The average molecular weight is 459 g/mol. The molecule has 0 fully saturated rings. The number of ether oxygens (including phenoxy) is 1. The Hall–Kier alpha value is -2.08. The Morgan fingerprint density at radius 2 is 1.96 bits per heavy atom. The topological polar surface area (TPSA) is 63.9 Å². The van der Waals surface area contributed by atoms with Gasteiger partial charge in [0.05, 0.1) is 34.6 Å². The van der Waals surface area contributed by atoms with Gasteiger partial charge in [-0.2, -0.15) is 0 Å². The van der Waals surface area contributed by atoms with E-state index in [0.717, 1.165) is 62.7 Å². The number of nitrogens with two attached hydrogens (primary N) is 1. The first kappa shape index (κ1) is 19.2. The van der Waals surface area contributed by atoms with E-state index in [1.807, 2.05) is 36.4 Å². The van der Waals surface area contributed by atoms with Gasteiger partial charge in [-0.15, -0.1) is 0 Å². The molecule has 0 atom stereocenters. The van der Waals surface area contributed by atoms with Crippen molar-refractivity contribution in [3.63, 3.8) is 0 Å². The highest BCUT2D eigenvalue weighted by atomic mass is 79.9. The maximum Gasteiger partial charge on any atom is 0.130 e. The summed E-state index contributed by atoms with van der Waals surface area (Å²) in [7, 11) is 1.69. The van der Waals surface area contributed by atoms with Gasteiger partial charge in [-0.25, -0.2) is 4.98 Å². The van der Waals surface area contributed by atoms with Crippen molar-refractivity contribution >= 4 is 49.3 Å². The van der Waals surface area contributed by atoms with E-state index in [2.05, 4.69) is 27.0 Å². The Morgan fingerprint density at radius 1 is 1.14 bits per heavy atom. The fraction of sp³-hybridized carbons (Fsp3) is 0.227. The van der Waals surface area contributed by atoms with Gasteiger partial charge < -0.3 is 15.5 Å². The highest BCUT2D eigenvalue weighted by Gasteiger charge is 2.18. The Balaban J connectivity index is 1.96. The molecule has 2 heterocycles. The zero-order valence-corrected chi connectivity index (χ0v) is 17.9. The Bertz CT molecular complexity index is 1160. The lowest BCUT2D eigenvalue weighted by molar-refractivity contribution is 0.419. The van der Waals surface area contributed by atoms with Crippen LogP contribution in [0.1, 0.15) is 18.4 Å². The van der Waals surface area contributed by atoms with Crippen LogP contribution in [-0.2, 0) is 6.42 Å². The van der Waals surface area contributed by atoms with Crippen molar-refractivity contribution in [1.82, 2.24) is 9.97 Å². The number of halogens is 2. The Morgan fingerprint density at radius 3 is 2.75 bits per heavy atom. The van der Waals surface area contributed by atoms with Crippen LogP contribution in [0.3, 0.4) is 0 Å². The minimum absolute atomic E-state index is 0.684. The molecule has 0 spiro atoms. The van der Waals surface area contributed by atoms with Gasteiger partial charge in [0.1, 0.15) is 5.75 Å². The van der Waals surface area contributed by atoms with E-state index in [1.165, 1.54) is 5.56 Å². The van der Waals surface area contributed by atoms with E-state index in [0.29, 0.717) is 11.6 Å². The third-order valence-electron chi connectivity index (χ3n) is 4.97. The van der Waals surface area contributed by atoms with Gasteiger partial charge >= 0.3 is 0 Å². The van der Waals surface area contributed by atoms with Crippen molar-refractivity contribution < 1.29 is 4.74 Å². The van der Waals surface area contributed by atoms with Gasteiger partial charge in [-0.05, 0) is 55.6 Å². The van der Waals surface area contributed by atoms with Crippen molar-refractivity contribution in [3.8, 4) is 17.1 Å². The number of unbranched alkanes of at least 4 members (excludes halogenated alkanes) is 1. The summed E-state index contributed by atoms with van der Waals surface area (Å²) in [5.74, 6) is 0.805. The predicted octanol–water partition coefficient (Wildman–Crippen LogP) is 6.09. The van der Waals surface area contributed by atoms with Gasteiger partial charge in [0.25, 0.3) is 0 Å². The molecule has 0 aliphatic heterocycles. The number of hydrogen-bond donors (Lipinski definition) is 2. The van der Waals surface area contributed by atoms with Crippen molar-refractivity contribution in [1.29, 1.82) is 0 Å². The van der Waals surface area contributed by atoms with Gasteiger partial charge in [-0.3, -0.25) is 0 Å². The lowest BCUT2D eigenvalue weighted by atomic mass is 10.0. The normalized spacial score (nSPS) is 11.4. The molecule has 28 heavy (non-hydrogen) atoms. The number of H-pyrrole nitrogens is 1. The second-order valence-corrected chi connectivity index (χ2v) is 8.08. The number of fused-ring (bicyclic) bond motifs is 2. The molecular weight excluding hydrogens is 438 g/mol. The molecule has 2 aromatic heterocycles. The van der Waals surface area contributed by atoms with Crippen LogP contribution in [0.2, 0.25) is 5.02 Å². The smallest absolute Gasteiger partial charge is 0.130 e. The van der Waals surface area contributed by atoms with Crippen LogP contribution in [0.5, 0.6) is 5.75 Å². The molecule has 0 aliphatic carbocycles. The maximum atomic E-state index is 6.52. The van der Waals surface area contributed by atoms with Crippen molar-refractivity contribution in [2.45, 2.75) is 19.3 Å². The van der Waals surface area contributed by atoms with Crippen molar-refractivity contribution in [2.24, 2.45) is 5.73 Å². The number of methoxy groups -OCH3 is 1. The van der Waals surface area contributed by atoms with Gasteiger partial charge in [0.15, 0.2) is 0 Å². The Kier molecular flexibility index (Phi) is 5.58. The van der Waals surface area contributed by atoms with E-state index in [9.17, 15) is 0 Å². The molecule has 0 saturated heterocycles. The second-order valence-electron chi connectivity index (χ2n) is 6.76. The molecule has 144 valence electrons. The molecule has 0 amide bonds. The summed E-state index contributed by atoms with van der Waals surface area (Å²) in [5, 5.41) is 2.79. The third kappa shape index (κ3) is 3.50. The molecule has 3 N–H and O–H groups in total. The predicted molar refractivity (Wildman–Crippen MR) is 120 cm³/mol. The number of aryl methyl sites for hydroxylation is 1.